The van der Waals surface area contributed by atoms with E-state index in [2.05, 4.69) is 20.3 Å². The van der Waals surface area contributed by atoms with Crippen LogP contribution < -0.4 is 14.8 Å². The summed E-state index contributed by atoms with van der Waals surface area (Å²) in [6, 6.07) is 1.55. The third-order valence-electron chi connectivity index (χ3n) is 2.27. The van der Waals surface area contributed by atoms with Gasteiger partial charge in [0.25, 0.3) is 0 Å². The van der Waals surface area contributed by atoms with Gasteiger partial charge in [-0.25, -0.2) is 9.78 Å². The average Bonchev–Trinajstić information content (AvgIpc) is 2.93. The smallest absolute Gasteiger partial charge is 0.355 e. The van der Waals surface area contributed by atoms with E-state index in [4.69, 9.17) is 14.6 Å². The molecule has 0 aromatic carbocycles. The second-order valence-electron chi connectivity index (χ2n) is 3.56. The van der Waals surface area contributed by atoms with Gasteiger partial charge in [0.15, 0.2) is 5.69 Å². The van der Waals surface area contributed by atoms with Crippen molar-refractivity contribution in [3.8, 4) is 11.8 Å². The van der Waals surface area contributed by atoms with E-state index < -0.39 is 5.97 Å². The van der Waals surface area contributed by atoms with E-state index in [1.807, 2.05) is 0 Å². The van der Waals surface area contributed by atoms with Crippen LogP contribution in [0.15, 0.2) is 11.4 Å². The summed E-state index contributed by atoms with van der Waals surface area (Å²) in [5.41, 5.74) is 0.0240. The predicted octanol–water partition coefficient (Wildman–Crippen LogP) is 1.26. The third kappa shape index (κ3) is 3.32. The Kier molecular flexibility index (Phi) is 4.31. The number of rotatable bonds is 6. The van der Waals surface area contributed by atoms with Crippen LogP contribution in [-0.2, 0) is 6.54 Å². The fraction of sp³-hybridized carbons (Fsp3) is 0.273. The zero-order valence-corrected chi connectivity index (χ0v) is 11.6. The van der Waals surface area contributed by atoms with Crippen molar-refractivity contribution in [1.82, 2.24) is 15.0 Å². The summed E-state index contributed by atoms with van der Waals surface area (Å²) in [5.74, 6) is -0.00509. The summed E-state index contributed by atoms with van der Waals surface area (Å²) in [7, 11) is 2.98. The van der Waals surface area contributed by atoms with Gasteiger partial charge in [0.1, 0.15) is 5.01 Å². The minimum atomic E-state index is -1.05. The van der Waals surface area contributed by atoms with Gasteiger partial charge in [-0.3, -0.25) is 0 Å². The number of anilines is 1. The molecular formula is C11H12N4O4S. The summed E-state index contributed by atoms with van der Waals surface area (Å²) >= 11 is 1.24. The van der Waals surface area contributed by atoms with E-state index in [-0.39, 0.29) is 5.69 Å². The number of carbonyl (C=O) groups is 1. The first kappa shape index (κ1) is 14.0. The van der Waals surface area contributed by atoms with E-state index >= 15 is 0 Å². The molecule has 2 aromatic rings. The first-order valence-electron chi connectivity index (χ1n) is 5.51. The van der Waals surface area contributed by atoms with Crippen molar-refractivity contribution in [3.05, 3.63) is 22.1 Å². The SMILES string of the molecule is COc1cc(OC)nc(NCc2nc(C(=O)O)cs2)n1. The third-order valence-corrected chi connectivity index (χ3v) is 3.11. The molecule has 0 saturated heterocycles. The number of aromatic carboxylic acids is 1. The molecule has 0 aliphatic carbocycles. The molecule has 2 rings (SSSR count). The van der Waals surface area contributed by atoms with Crippen molar-refractivity contribution in [1.29, 1.82) is 0 Å². The Morgan fingerprint density at radius 2 is 1.95 bits per heavy atom. The van der Waals surface area contributed by atoms with Gasteiger partial charge < -0.3 is 19.9 Å². The van der Waals surface area contributed by atoms with E-state index in [0.717, 1.165) is 0 Å². The summed E-state index contributed by atoms with van der Waals surface area (Å²) in [6.45, 7) is 0.314. The molecule has 0 aliphatic rings. The maximum atomic E-state index is 10.7. The lowest BCUT2D eigenvalue weighted by atomic mass is 10.5. The number of thiazole rings is 1. The number of carboxylic acid groups (broad SMARTS) is 1. The number of aromatic nitrogens is 3. The Morgan fingerprint density at radius 3 is 2.45 bits per heavy atom. The van der Waals surface area contributed by atoms with Crippen LogP contribution >= 0.6 is 11.3 Å². The van der Waals surface area contributed by atoms with Crippen LogP contribution in [0.25, 0.3) is 0 Å². The molecule has 2 aromatic heterocycles. The van der Waals surface area contributed by atoms with Crippen LogP contribution in [0.3, 0.4) is 0 Å². The highest BCUT2D eigenvalue weighted by Gasteiger charge is 2.10. The van der Waals surface area contributed by atoms with Crippen LogP contribution in [0, 0.1) is 0 Å². The first-order valence-corrected chi connectivity index (χ1v) is 6.39. The molecular weight excluding hydrogens is 284 g/mol. The molecule has 20 heavy (non-hydrogen) atoms. The second kappa shape index (κ2) is 6.15. The number of carboxylic acids is 1. The molecule has 9 heteroatoms. The molecule has 2 N–H and O–H groups in total. The van der Waals surface area contributed by atoms with Crippen LogP contribution in [0.5, 0.6) is 11.8 Å². The molecule has 0 atom stereocenters. The summed E-state index contributed by atoms with van der Waals surface area (Å²) in [6.07, 6.45) is 0. The molecule has 0 saturated carbocycles. The molecule has 2 heterocycles. The maximum Gasteiger partial charge on any atom is 0.355 e. The fourth-order valence-corrected chi connectivity index (χ4v) is 2.04. The lowest BCUT2D eigenvalue weighted by Crippen LogP contribution is -2.06. The number of methoxy groups -OCH3 is 2. The van der Waals surface area contributed by atoms with Crippen LogP contribution in [-0.4, -0.2) is 40.2 Å². The monoisotopic (exact) mass is 296 g/mol. The number of nitrogens with one attached hydrogen (secondary N) is 1. The first-order chi connectivity index (χ1) is 9.62. The number of hydrogen-bond donors (Lipinski definition) is 2. The molecule has 0 fully saturated rings. The van der Waals surface area contributed by atoms with Gasteiger partial charge in [-0.1, -0.05) is 0 Å². The van der Waals surface area contributed by atoms with Crippen molar-refractivity contribution in [2.24, 2.45) is 0 Å². The number of ether oxygens (including phenoxy) is 2. The zero-order chi connectivity index (χ0) is 14.5. The lowest BCUT2D eigenvalue weighted by molar-refractivity contribution is 0.0691. The van der Waals surface area contributed by atoms with Gasteiger partial charge in [0.05, 0.1) is 26.8 Å². The second-order valence-corrected chi connectivity index (χ2v) is 4.50. The zero-order valence-electron chi connectivity index (χ0n) is 10.8. The lowest BCUT2D eigenvalue weighted by Gasteiger charge is -2.07. The van der Waals surface area contributed by atoms with Crippen LogP contribution in [0.1, 0.15) is 15.5 Å². The molecule has 0 bridgehead atoms. The van der Waals surface area contributed by atoms with Crippen molar-refractivity contribution >= 4 is 23.3 Å². The number of hydrogen-bond acceptors (Lipinski definition) is 8. The quantitative estimate of drug-likeness (QED) is 0.820. The fourth-order valence-electron chi connectivity index (χ4n) is 1.34. The summed E-state index contributed by atoms with van der Waals surface area (Å²) < 4.78 is 10.0. The Morgan fingerprint density at radius 1 is 1.30 bits per heavy atom. The van der Waals surface area contributed by atoms with Crippen LogP contribution in [0.4, 0.5) is 5.95 Å². The Balaban J connectivity index is 2.07. The Labute approximate surface area is 118 Å². The molecule has 0 amide bonds. The molecule has 0 unspecified atom stereocenters. The largest absolute Gasteiger partial charge is 0.481 e. The molecule has 106 valence electrons. The number of nitrogens with zero attached hydrogens (tertiary/aromatic N) is 3. The predicted molar refractivity (Wildman–Crippen MR) is 71.5 cm³/mol. The Bertz CT molecular complexity index is 594. The standard InChI is InChI=1S/C11H12N4O4S/c1-18-7-3-8(19-2)15-11(14-7)12-4-9-13-6(5-20-9)10(16)17/h3,5H,4H2,1-2H3,(H,16,17)(H,12,14,15). The van der Waals surface area contributed by atoms with Crippen molar-refractivity contribution < 1.29 is 19.4 Å². The summed E-state index contributed by atoms with van der Waals surface area (Å²) in [4.78, 5) is 22.9. The van der Waals surface area contributed by atoms with Gasteiger partial charge in [0, 0.05) is 5.38 Å². The Hall–Kier alpha value is -2.42. The van der Waals surface area contributed by atoms with Crippen molar-refractivity contribution in [3.63, 3.8) is 0 Å². The van der Waals surface area contributed by atoms with Gasteiger partial charge in [0.2, 0.25) is 17.7 Å². The maximum absolute atomic E-state index is 10.7. The summed E-state index contributed by atoms with van der Waals surface area (Å²) in [5, 5.41) is 13.8. The molecule has 0 spiro atoms. The highest BCUT2D eigenvalue weighted by Crippen LogP contribution is 2.18. The highest BCUT2D eigenvalue weighted by molar-refractivity contribution is 7.09. The molecule has 8 nitrogen and oxygen atoms in total. The molecule has 0 radical (unpaired) electrons. The van der Waals surface area contributed by atoms with Crippen molar-refractivity contribution in [2.45, 2.75) is 6.54 Å². The minimum Gasteiger partial charge on any atom is -0.481 e. The van der Waals surface area contributed by atoms with Gasteiger partial charge in [-0.05, 0) is 0 Å². The molecule has 0 aliphatic heterocycles. The van der Waals surface area contributed by atoms with Gasteiger partial charge in [-0.2, -0.15) is 9.97 Å². The van der Waals surface area contributed by atoms with E-state index in [1.165, 1.54) is 30.9 Å². The normalized spacial score (nSPS) is 10.1. The highest BCUT2D eigenvalue weighted by atomic mass is 32.1. The average molecular weight is 296 g/mol. The van der Waals surface area contributed by atoms with Crippen LogP contribution in [0.2, 0.25) is 0 Å². The van der Waals surface area contributed by atoms with Gasteiger partial charge in [-0.15, -0.1) is 11.3 Å². The van der Waals surface area contributed by atoms with E-state index in [0.29, 0.717) is 29.3 Å². The topological polar surface area (TPSA) is 106 Å². The van der Waals surface area contributed by atoms with Crippen molar-refractivity contribution in [2.75, 3.05) is 19.5 Å². The van der Waals surface area contributed by atoms with Gasteiger partial charge >= 0.3 is 5.97 Å². The minimum absolute atomic E-state index is 0.0240. The van der Waals surface area contributed by atoms with E-state index in [9.17, 15) is 4.79 Å². The van der Waals surface area contributed by atoms with E-state index in [1.54, 1.807) is 6.07 Å².